The molecule has 1 aromatic carbocycles. The van der Waals surface area contributed by atoms with Crippen molar-refractivity contribution >= 4 is 0 Å². The lowest BCUT2D eigenvalue weighted by molar-refractivity contribution is 0.310. The van der Waals surface area contributed by atoms with E-state index in [9.17, 15) is 0 Å². The van der Waals surface area contributed by atoms with E-state index >= 15 is 0 Å². The average Bonchev–Trinajstić information content (AvgIpc) is 2.77. The topological polar surface area (TPSA) is 44.9 Å². The van der Waals surface area contributed by atoms with Crippen molar-refractivity contribution in [2.75, 3.05) is 13.6 Å². The molecule has 0 radical (unpaired) electrons. The van der Waals surface area contributed by atoms with E-state index in [1.807, 2.05) is 31.2 Å². The van der Waals surface area contributed by atoms with Crippen molar-refractivity contribution in [3.63, 3.8) is 0 Å². The predicted octanol–water partition coefficient (Wildman–Crippen LogP) is 2.89. The molecule has 110 valence electrons. The molecular weight excluding hydrogens is 260 g/mol. The van der Waals surface area contributed by atoms with Crippen molar-refractivity contribution in [3.05, 3.63) is 52.8 Å². The Morgan fingerprint density at radius 2 is 2.05 bits per heavy atom. The highest BCUT2D eigenvalue weighted by atomic mass is 15.3. The maximum Gasteiger partial charge on any atom is 0.0995 e. The fraction of sp³-hybridized carbons (Fsp3) is 0.412. The molecule has 2 aromatic rings. The highest BCUT2D eigenvalue weighted by Gasteiger charge is 2.06. The van der Waals surface area contributed by atoms with Gasteiger partial charge in [0.1, 0.15) is 0 Å². The van der Waals surface area contributed by atoms with Crippen LogP contribution in [0.2, 0.25) is 0 Å². The Morgan fingerprint density at radius 3 is 2.71 bits per heavy atom. The van der Waals surface area contributed by atoms with E-state index in [0.29, 0.717) is 0 Å². The zero-order chi connectivity index (χ0) is 15.2. The van der Waals surface area contributed by atoms with Crippen LogP contribution in [0.3, 0.4) is 0 Å². The minimum atomic E-state index is 0.767. The highest BCUT2D eigenvalue weighted by molar-refractivity contribution is 5.37. The van der Waals surface area contributed by atoms with Gasteiger partial charge in [-0.1, -0.05) is 18.2 Å². The third-order valence-corrected chi connectivity index (χ3v) is 3.59. The van der Waals surface area contributed by atoms with Gasteiger partial charge in [0.25, 0.3) is 0 Å². The van der Waals surface area contributed by atoms with Crippen LogP contribution < -0.4 is 0 Å². The number of aromatic nitrogens is 2. The molecule has 1 aromatic heterocycles. The Morgan fingerprint density at radius 1 is 1.29 bits per heavy atom. The molecule has 1 heterocycles. The summed E-state index contributed by atoms with van der Waals surface area (Å²) in [4.78, 5) is 2.25. The molecule has 0 aliphatic carbocycles. The first-order chi connectivity index (χ1) is 10.1. The average molecular weight is 282 g/mol. The Bertz CT molecular complexity index is 636. The molecule has 0 unspecified atom stereocenters. The quantitative estimate of drug-likeness (QED) is 0.818. The number of aryl methyl sites for hydroxylation is 3. The first-order valence-corrected chi connectivity index (χ1v) is 7.27. The summed E-state index contributed by atoms with van der Waals surface area (Å²) in [5, 5.41) is 13.6. The molecule has 0 saturated heterocycles. The summed E-state index contributed by atoms with van der Waals surface area (Å²) in [6, 6.07) is 12.1. The second-order valence-corrected chi connectivity index (χ2v) is 5.51. The maximum absolute atomic E-state index is 9.11. The summed E-state index contributed by atoms with van der Waals surface area (Å²) < 4.78 is 2.06. The van der Waals surface area contributed by atoms with Crippen LogP contribution in [0, 0.1) is 25.2 Å². The minimum absolute atomic E-state index is 0.767. The molecule has 0 amide bonds. The summed E-state index contributed by atoms with van der Waals surface area (Å²) in [6.07, 6.45) is 1.05. The van der Waals surface area contributed by atoms with Crippen LogP contribution >= 0.6 is 0 Å². The van der Waals surface area contributed by atoms with Gasteiger partial charge >= 0.3 is 0 Å². The van der Waals surface area contributed by atoms with Crippen LogP contribution in [0.25, 0.3) is 0 Å². The first-order valence-electron chi connectivity index (χ1n) is 7.27. The van der Waals surface area contributed by atoms with E-state index < -0.39 is 0 Å². The first kappa shape index (κ1) is 15.3. The van der Waals surface area contributed by atoms with Crippen LogP contribution in [-0.4, -0.2) is 28.3 Å². The van der Waals surface area contributed by atoms with Crippen molar-refractivity contribution in [2.45, 2.75) is 33.4 Å². The van der Waals surface area contributed by atoms with Crippen molar-refractivity contribution in [3.8, 4) is 6.07 Å². The Balaban J connectivity index is 1.84. The molecule has 0 aliphatic rings. The summed E-state index contributed by atoms with van der Waals surface area (Å²) in [7, 11) is 2.09. The summed E-state index contributed by atoms with van der Waals surface area (Å²) >= 11 is 0. The van der Waals surface area contributed by atoms with Gasteiger partial charge in [0, 0.05) is 18.8 Å². The maximum atomic E-state index is 9.11. The van der Waals surface area contributed by atoms with E-state index in [-0.39, 0.29) is 0 Å². The lowest BCUT2D eigenvalue weighted by Gasteiger charge is -2.17. The molecule has 4 nitrogen and oxygen atoms in total. The largest absolute Gasteiger partial charge is 0.302 e. The van der Waals surface area contributed by atoms with Gasteiger partial charge in [-0.2, -0.15) is 10.4 Å². The minimum Gasteiger partial charge on any atom is -0.302 e. The SMILES string of the molecule is Cc1cc(C)n(CCCN(C)Cc2ccccc2C#N)n1. The van der Waals surface area contributed by atoms with Crippen molar-refractivity contribution in [1.82, 2.24) is 14.7 Å². The fourth-order valence-corrected chi connectivity index (χ4v) is 2.53. The van der Waals surface area contributed by atoms with E-state index in [1.165, 1.54) is 5.69 Å². The normalized spacial score (nSPS) is 10.8. The van der Waals surface area contributed by atoms with Gasteiger partial charge in [-0.05, 0) is 51.6 Å². The molecule has 0 spiro atoms. The number of rotatable bonds is 6. The van der Waals surface area contributed by atoms with Crippen molar-refractivity contribution < 1.29 is 0 Å². The number of benzene rings is 1. The van der Waals surface area contributed by atoms with Crippen molar-refractivity contribution in [2.24, 2.45) is 0 Å². The van der Waals surface area contributed by atoms with Crippen LogP contribution in [-0.2, 0) is 13.1 Å². The molecule has 0 aliphatic heterocycles. The van der Waals surface area contributed by atoms with E-state index in [0.717, 1.165) is 42.9 Å². The molecule has 0 saturated carbocycles. The lowest BCUT2D eigenvalue weighted by atomic mass is 10.1. The van der Waals surface area contributed by atoms with Crippen LogP contribution in [0.1, 0.15) is 28.9 Å². The third-order valence-electron chi connectivity index (χ3n) is 3.59. The Labute approximate surface area is 126 Å². The van der Waals surface area contributed by atoms with Gasteiger partial charge in [0.15, 0.2) is 0 Å². The summed E-state index contributed by atoms with van der Waals surface area (Å²) in [5.41, 5.74) is 4.14. The summed E-state index contributed by atoms with van der Waals surface area (Å²) in [5.74, 6) is 0. The van der Waals surface area contributed by atoms with Crippen molar-refractivity contribution in [1.29, 1.82) is 5.26 Å². The number of nitriles is 1. The number of hydrogen-bond acceptors (Lipinski definition) is 3. The van der Waals surface area contributed by atoms with Gasteiger partial charge in [-0.15, -0.1) is 0 Å². The molecule has 4 heteroatoms. The molecule has 0 atom stereocenters. The smallest absolute Gasteiger partial charge is 0.0995 e. The molecule has 0 bridgehead atoms. The van der Waals surface area contributed by atoms with Gasteiger partial charge in [0.05, 0.1) is 17.3 Å². The molecular formula is C17H22N4. The van der Waals surface area contributed by atoms with Gasteiger partial charge in [-0.3, -0.25) is 4.68 Å². The fourth-order valence-electron chi connectivity index (χ4n) is 2.53. The van der Waals surface area contributed by atoms with Gasteiger partial charge in [0.2, 0.25) is 0 Å². The molecule has 0 fully saturated rings. The van der Waals surface area contributed by atoms with Crippen LogP contribution in [0.4, 0.5) is 0 Å². The Hall–Kier alpha value is -2.12. The zero-order valence-electron chi connectivity index (χ0n) is 13.0. The monoisotopic (exact) mass is 282 g/mol. The van der Waals surface area contributed by atoms with Crippen LogP contribution in [0.15, 0.2) is 30.3 Å². The number of nitrogens with zero attached hydrogens (tertiary/aromatic N) is 4. The van der Waals surface area contributed by atoms with Crippen LogP contribution in [0.5, 0.6) is 0 Å². The molecule has 0 N–H and O–H groups in total. The second-order valence-electron chi connectivity index (χ2n) is 5.51. The zero-order valence-corrected chi connectivity index (χ0v) is 13.0. The second kappa shape index (κ2) is 7.05. The third kappa shape index (κ3) is 4.17. The van der Waals surface area contributed by atoms with Gasteiger partial charge in [-0.25, -0.2) is 0 Å². The van der Waals surface area contributed by atoms with Gasteiger partial charge < -0.3 is 4.90 Å². The number of hydrogen-bond donors (Lipinski definition) is 0. The Kier molecular flexibility index (Phi) is 5.13. The molecule has 2 rings (SSSR count). The van der Waals surface area contributed by atoms with E-state index in [4.69, 9.17) is 5.26 Å². The summed E-state index contributed by atoms with van der Waals surface area (Å²) in [6.45, 7) is 6.84. The standard InChI is InChI=1S/C17H22N4/c1-14-11-15(2)21(19-14)10-6-9-20(3)13-17-8-5-4-7-16(17)12-18/h4-5,7-8,11H,6,9-10,13H2,1-3H3. The molecule has 21 heavy (non-hydrogen) atoms. The predicted molar refractivity (Wildman–Crippen MR) is 83.8 cm³/mol. The lowest BCUT2D eigenvalue weighted by Crippen LogP contribution is -2.21. The van der Waals surface area contributed by atoms with E-state index in [1.54, 1.807) is 0 Å². The van der Waals surface area contributed by atoms with E-state index in [2.05, 4.69) is 40.8 Å². The highest BCUT2D eigenvalue weighted by Crippen LogP contribution is 2.10.